The maximum absolute atomic E-state index is 13.3. The van der Waals surface area contributed by atoms with Gasteiger partial charge in [-0.05, 0) is 47.5 Å². The minimum Gasteiger partial charge on any atom is -0.505 e. The van der Waals surface area contributed by atoms with Gasteiger partial charge in [0, 0.05) is 17.7 Å². The molecule has 0 fully saturated rings. The summed E-state index contributed by atoms with van der Waals surface area (Å²) >= 11 is 0. The van der Waals surface area contributed by atoms with E-state index in [0.29, 0.717) is 5.69 Å². The number of fused-ring (bicyclic) bond motifs is 1. The molecule has 0 aliphatic rings. The summed E-state index contributed by atoms with van der Waals surface area (Å²) in [6.07, 6.45) is 2.86. The van der Waals surface area contributed by atoms with Crippen molar-refractivity contribution in [3.8, 4) is 22.6 Å². The van der Waals surface area contributed by atoms with E-state index in [1.54, 1.807) is 41.2 Å². The number of sulfone groups is 1. The zero-order valence-corrected chi connectivity index (χ0v) is 15.1. The standard InChI is InChI=1S/C20H15FN2O3S/c1-27(25,26)17-6-2-13(3-7-17)14-4-9-19-15(10-14)12-22-23(19)16-5-8-18(21)20(24)11-16/h2-12,24H,1H3. The molecule has 0 aliphatic carbocycles. The van der Waals surface area contributed by atoms with Crippen LogP contribution in [0.4, 0.5) is 4.39 Å². The van der Waals surface area contributed by atoms with Crippen LogP contribution in [0.5, 0.6) is 5.75 Å². The number of phenolic OH excluding ortho intramolecular Hbond substituents is 1. The van der Waals surface area contributed by atoms with Crippen molar-refractivity contribution in [3.05, 3.63) is 72.7 Å². The summed E-state index contributed by atoms with van der Waals surface area (Å²) < 4.78 is 38.1. The first kappa shape index (κ1) is 17.2. The van der Waals surface area contributed by atoms with E-state index in [2.05, 4.69) is 5.10 Å². The normalized spacial score (nSPS) is 11.8. The van der Waals surface area contributed by atoms with Gasteiger partial charge in [0.15, 0.2) is 21.4 Å². The van der Waals surface area contributed by atoms with Gasteiger partial charge < -0.3 is 5.11 Å². The lowest BCUT2D eigenvalue weighted by molar-refractivity contribution is 0.432. The maximum atomic E-state index is 13.3. The molecule has 1 N–H and O–H groups in total. The van der Waals surface area contributed by atoms with Gasteiger partial charge in [0.05, 0.1) is 22.3 Å². The molecule has 0 saturated carbocycles. The molecule has 0 spiro atoms. The average molecular weight is 382 g/mol. The first-order valence-corrected chi connectivity index (χ1v) is 9.99. The topological polar surface area (TPSA) is 72.2 Å². The van der Waals surface area contributed by atoms with E-state index < -0.39 is 21.4 Å². The lowest BCUT2D eigenvalue weighted by Gasteiger charge is -2.07. The molecular formula is C20H15FN2O3S. The van der Waals surface area contributed by atoms with Gasteiger partial charge in [-0.25, -0.2) is 17.5 Å². The Morgan fingerprint density at radius 2 is 1.67 bits per heavy atom. The van der Waals surface area contributed by atoms with Crippen LogP contribution in [0, 0.1) is 5.82 Å². The Hall–Kier alpha value is -3.19. The van der Waals surface area contributed by atoms with Gasteiger partial charge in [0.25, 0.3) is 0 Å². The fraction of sp³-hybridized carbons (Fsp3) is 0.0500. The van der Waals surface area contributed by atoms with E-state index in [0.717, 1.165) is 22.0 Å². The second-order valence-electron chi connectivity index (χ2n) is 6.26. The highest BCUT2D eigenvalue weighted by Gasteiger charge is 2.10. The number of halogens is 1. The van der Waals surface area contributed by atoms with E-state index in [4.69, 9.17) is 0 Å². The molecule has 0 saturated heterocycles. The summed E-state index contributed by atoms with van der Waals surface area (Å²) in [6.45, 7) is 0. The van der Waals surface area contributed by atoms with Gasteiger partial charge in [-0.1, -0.05) is 18.2 Å². The van der Waals surface area contributed by atoms with Gasteiger partial charge in [-0.2, -0.15) is 5.10 Å². The highest BCUT2D eigenvalue weighted by Crippen LogP contribution is 2.28. The lowest BCUT2D eigenvalue weighted by atomic mass is 10.0. The molecule has 0 unspecified atom stereocenters. The lowest BCUT2D eigenvalue weighted by Crippen LogP contribution is -1.96. The SMILES string of the molecule is CS(=O)(=O)c1ccc(-c2ccc3c(cnn3-c3ccc(F)c(O)c3)c2)cc1. The smallest absolute Gasteiger partial charge is 0.175 e. The van der Waals surface area contributed by atoms with Crippen molar-refractivity contribution in [1.82, 2.24) is 9.78 Å². The summed E-state index contributed by atoms with van der Waals surface area (Å²) in [5.41, 5.74) is 3.16. The predicted octanol–water partition coefficient (Wildman–Crippen LogP) is 3.94. The third kappa shape index (κ3) is 3.17. The van der Waals surface area contributed by atoms with Gasteiger partial charge in [-0.15, -0.1) is 0 Å². The quantitative estimate of drug-likeness (QED) is 0.583. The van der Waals surface area contributed by atoms with Crippen LogP contribution >= 0.6 is 0 Å². The van der Waals surface area contributed by atoms with Gasteiger partial charge >= 0.3 is 0 Å². The van der Waals surface area contributed by atoms with Crippen molar-refractivity contribution < 1.29 is 17.9 Å². The first-order valence-electron chi connectivity index (χ1n) is 8.10. The molecule has 27 heavy (non-hydrogen) atoms. The number of aromatic nitrogens is 2. The molecule has 4 aromatic rings. The number of hydrogen-bond donors (Lipinski definition) is 1. The zero-order chi connectivity index (χ0) is 19.2. The highest BCUT2D eigenvalue weighted by molar-refractivity contribution is 7.90. The predicted molar refractivity (Wildman–Crippen MR) is 101 cm³/mol. The number of benzene rings is 3. The average Bonchev–Trinajstić information content (AvgIpc) is 3.06. The minimum absolute atomic E-state index is 0.274. The number of nitrogens with zero attached hydrogens (tertiary/aromatic N) is 2. The minimum atomic E-state index is -3.23. The third-order valence-electron chi connectivity index (χ3n) is 4.36. The Labute approximate surface area is 155 Å². The van der Waals surface area contributed by atoms with Crippen molar-refractivity contribution >= 4 is 20.7 Å². The van der Waals surface area contributed by atoms with Crippen LogP contribution in [0.3, 0.4) is 0 Å². The number of rotatable bonds is 3. The molecule has 136 valence electrons. The monoisotopic (exact) mass is 382 g/mol. The summed E-state index contributed by atoms with van der Waals surface area (Å²) in [7, 11) is -3.23. The molecule has 3 aromatic carbocycles. The maximum Gasteiger partial charge on any atom is 0.175 e. The molecule has 0 aliphatic heterocycles. The zero-order valence-electron chi connectivity index (χ0n) is 14.3. The van der Waals surface area contributed by atoms with Crippen LogP contribution in [0.1, 0.15) is 0 Å². The van der Waals surface area contributed by atoms with Gasteiger partial charge in [0.2, 0.25) is 0 Å². The van der Waals surface area contributed by atoms with E-state index in [1.807, 2.05) is 18.2 Å². The van der Waals surface area contributed by atoms with Crippen LogP contribution in [0.25, 0.3) is 27.7 Å². The molecule has 1 heterocycles. The van der Waals surface area contributed by atoms with Crippen LogP contribution in [0.2, 0.25) is 0 Å². The van der Waals surface area contributed by atoms with E-state index >= 15 is 0 Å². The van der Waals surface area contributed by atoms with Crippen LogP contribution in [-0.2, 0) is 9.84 Å². The molecule has 7 heteroatoms. The van der Waals surface area contributed by atoms with E-state index in [-0.39, 0.29) is 4.90 Å². The second-order valence-corrected chi connectivity index (χ2v) is 8.28. The summed E-state index contributed by atoms with van der Waals surface area (Å²) in [4.78, 5) is 0.274. The Morgan fingerprint density at radius 3 is 2.33 bits per heavy atom. The number of phenols is 1. The van der Waals surface area contributed by atoms with Crippen LogP contribution < -0.4 is 0 Å². The molecular weight excluding hydrogens is 367 g/mol. The van der Waals surface area contributed by atoms with Crippen molar-refractivity contribution in [2.24, 2.45) is 0 Å². The summed E-state index contributed by atoms with van der Waals surface area (Å²) in [6, 6.07) is 16.5. The Balaban J connectivity index is 1.75. The summed E-state index contributed by atoms with van der Waals surface area (Å²) in [5.74, 6) is -1.12. The Kier molecular flexibility index (Phi) is 3.96. The molecule has 4 rings (SSSR count). The molecule has 0 radical (unpaired) electrons. The highest BCUT2D eigenvalue weighted by atomic mass is 32.2. The van der Waals surface area contributed by atoms with Crippen molar-refractivity contribution in [3.63, 3.8) is 0 Å². The third-order valence-corrected chi connectivity index (χ3v) is 5.49. The largest absolute Gasteiger partial charge is 0.505 e. The van der Waals surface area contributed by atoms with E-state index in [9.17, 15) is 17.9 Å². The molecule has 0 amide bonds. The fourth-order valence-corrected chi connectivity index (χ4v) is 3.58. The molecule has 0 atom stereocenters. The number of hydrogen-bond acceptors (Lipinski definition) is 4. The van der Waals surface area contributed by atoms with Crippen molar-refractivity contribution in [1.29, 1.82) is 0 Å². The summed E-state index contributed by atoms with van der Waals surface area (Å²) in [5, 5.41) is 14.8. The van der Waals surface area contributed by atoms with Crippen LogP contribution in [0.15, 0.2) is 71.8 Å². The molecule has 5 nitrogen and oxygen atoms in total. The fourth-order valence-electron chi connectivity index (χ4n) is 2.95. The van der Waals surface area contributed by atoms with E-state index in [1.165, 1.54) is 18.4 Å². The first-order chi connectivity index (χ1) is 12.8. The second kappa shape index (κ2) is 6.21. The Morgan fingerprint density at radius 1 is 0.963 bits per heavy atom. The van der Waals surface area contributed by atoms with Gasteiger partial charge in [-0.3, -0.25) is 0 Å². The number of aromatic hydroxyl groups is 1. The molecule has 1 aromatic heterocycles. The Bertz CT molecular complexity index is 1260. The molecule has 0 bridgehead atoms. The van der Waals surface area contributed by atoms with Crippen molar-refractivity contribution in [2.75, 3.05) is 6.26 Å². The van der Waals surface area contributed by atoms with Crippen LogP contribution in [-0.4, -0.2) is 29.6 Å². The van der Waals surface area contributed by atoms with Gasteiger partial charge in [0.1, 0.15) is 0 Å². The van der Waals surface area contributed by atoms with Crippen molar-refractivity contribution in [2.45, 2.75) is 4.90 Å².